The van der Waals surface area contributed by atoms with Gasteiger partial charge in [0.2, 0.25) is 0 Å². The van der Waals surface area contributed by atoms with E-state index in [1.165, 1.54) is 12.8 Å². The van der Waals surface area contributed by atoms with Crippen LogP contribution in [-0.4, -0.2) is 17.6 Å². The van der Waals surface area contributed by atoms with Gasteiger partial charge >= 0.3 is 0 Å². The Bertz CT molecular complexity index is 671. The molecule has 20 heavy (non-hydrogen) atoms. The normalized spacial score (nSPS) is 22.8. The molecule has 0 bridgehead atoms. The largest absolute Gasteiger partial charge is 0.353 e. The first-order valence-electron chi connectivity index (χ1n) is 7.25. The maximum Gasteiger partial charge on any atom is 0.147 e. The first-order chi connectivity index (χ1) is 9.69. The van der Waals surface area contributed by atoms with Crippen LogP contribution in [0.3, 0.4) is 0 Å². The van der Waals surface area contributed by atoms with Gasteiger partial charge < -0.3 is 4.90 Å². The molecule has 0 spiro atoms. The van der Waals surface area contributed by atoms with E-state index < -0.39 is 0 Å². The third kappa shape index (κ3) is 2.22. The number of fused-ring (bicyclic) bond motifs is 1. The summed E-state index contributed by atoms with van der Waals surface area (Å²) in [5.41, 5.74) is 1.65. The molecule has 0 saturated carbocycles. The lowest BCUT2D eigenvalue weighted by molar-refractivity contribution is 0.376. The fraction of sp³-hybridized carbons (Fsp3) is 0.412. The Morgan fingerprint density at radius 3 is 2.85 bits per heavy atom. The predicted molar refractivity (Wildman–Crippen MR) is 81.7 cm³/mol. The van der Waals surface area contributed by atoms with Gasteiger partial charge in [-0.2, -0.15) is 5.26 Å². The van der Waals surface area contributed by atoms with Crippen molar-refractivity contribution in [3.05, 3.63) is 35.9 Å². The monoisotopic (exact) mass is 265 g/mol. The topological polar surface area (TPSA) is 39.9 Å². The highest BCUT2D eigenvalue weighted by molar-refractivity contribution is 5.83. The molecule has 0 radical (unpaired) electrons. The molecule has 2 atom stereocenters. The molecule has 1 aromatic carbocycles. The number of hydrogen-bond acceptors (Lipinski definition) is 3. The summed E-state index contributed by atoms with van der Waals surface area (Å²) in [7, 11) is 0. The summed E-state index contributed by atoms with van der Waals surface area (Å²) in [6, 6.07) is 12.7. The van der Waals surface area contributed by atoms with Crippen LogP contribution in [0.4, 0.5) is 5.82 Å². The fourth-order valence-corrected chi connectivity index (χ4v) is 3.13. The van der Waals surface area contributed by atoms with Crippen LogP contribution in [0.5, 0.6) is 0 Å². The van der Waals surface area contributed by atoms with E-state index in [0.717, 1.165) is 29.2 Å². The van der Waals surface area contributed by atoms with Gasteiger partial charge in [0, 0.05) is 18.0 Å². The van der Waals surface area contributed by atoms with Crippen molar-refractivity contribution in [1.29, 1.82) is 5.26 Å². The third-order valence-electron chi connectivity index (χ3n) is 4.23. The number of piperidine rings is 1. The molecule has 2 aromatic rings. The Morgan fingerprint density at radius 1 is 1.30 bits per heavy atom. The molecular formula is C17H19N3. The number of para-hydroxylation sites is 1. The number of pyridine rings is 1. The number of nitriles is 1. The third-order valence-corrected chi connectivity index (χ3v) is 4.23. The predicted octanol–water partition coefficient (Wildman–Crippen LogP) is 3.73. The van der Waals surface area contributed by atoms with Crippen molar-refractivity contribution in [1.82, 2.24) is 4.98 Å². The number of nitrogens with zero attached hydrogens (tertiary/aromatic N) is 3. The number of aromatic nitrogens is 1. The quantitative estimate of drug-likeness (QED) is 0.788. The summed E-state index contributed by atoms with van der Waals surface area (Å²) < 4.78 is 0. The molecule has 102 valence electrons. The molecular weight excluding hydrogens is 246 g/mol. The van der Waals surface area contributed by atoms with E-state index in [-0.39, 0.29) is 0 Å². The molecule has 1 aromatic heterocycles. The van der Waals surface area contributed by atoms with Gasteiger partial charge in [-0.15, -0.1) is 0 Å². The summed E-state index contributed by atoms with van der Waals surface area (Å²) >= 11 is 0. The second-order valence-electron chi connectivity index (χ2n) is 5.84. The van der Waals surface area contributed by atoms with Crippen LogP contribution in [0.1, 0.15) is 32.3 Å². The standard InChI is InChI=1S/C17H19N3/c1-12-7-8-20(13(2)9-12)17-15(11-18)10-14-5-3-4-6-16(14)19-17/h3-6,10,12-13H,7-9H2,1-2H3. The van der Waals surface area contributed by atoms with Crippen LogP contribution in [0, 0.1) is 17.2 Å². The molecule has 2 heterocycles. The Hall–Kier alpha value is -2.08. The van der Waals surface area contributed by atoms with Gasteiger partial charge in [0.05, 0.1) is 11.1 Å². The highest BCUT2D eigenvalue weighted by atomic mass is 15.2. The summed E-state index contributed by atoms with van der Waals surface area (Å²) in [6.07, 6.45) is 2.34. The van der Waals surface area contributed by atoms with Crippen LogP contribution in [0.25, 0.3) is 10.9 Å². The Morgan fingerprint density at radius 2 is 2.10 bits per heavy atom. The van der Waals surface area contributed by atoms with E-state index in [0.29, 0.717) is 11.6 Å². The van der Waals surface area contributed by atoms with E-state index in [9.17, 15) is 5.26 Å². The molecule has 1 fully saturated rings. The Balaban J connectivity index is 2.08. The van der Waals surface area contributed by atoms with Crippen molar-refractivity contribution in [3.63, 3.8) is 0 Å². The maximum absolute atomic E-state index is 9.43. The summed E-state index contributed by atoms with van der Waals surface area (Å²) in [5, 5.41) is 10.5. The molecule has 0 aliphatic carbocycles. The summed E-state index contributed by atoms with van der Waals surface area (Å²) in [6.45, 7) is 5.52. The van der Waals surface area contributed by atoms with E-state index in [1.54, 1.807) is 0 Å². The van der Waals surface area contributed by atoms with Crippen molar-refractivity contribution in [2.24, 2.45) is 5.92 Å². The lowest BCUT2D eigenvalue weighted by Gasteiger charge is -2.37. The molecule has 1 aliphatic rings. The van der Waals surface area contributed by atoms with Crippen LogP contribution in [0.15, 0.2) is 30.3 Å². The van der Waals surface area contributed by atoms with Crippen molar-refractivity contribution >= 4 is 16.7 Å². The minimum absolute atomic E-state index is 0.444. The number of anilines is 1. The zero-order chi connectivity index (χ0) is 14.1. The molecule has 3 heteroatoms. The second-order valence-corrected chi connectivity index (χ2v) is 5.84. The van der Waals surface area contributed by atoms with Gasteiger partial charge in [-0.3, -0.25) is 0 Å². The van der Waals surface area contributed by atoms with Gasteiger partial charge in [-0.1, -0.05) is 25.1 Å². The van der Waals surface area contributed by atoms with Crippen molar-refractivity contribution in [2.75, 3.05) is 11.4 Å². The van der Waals surface area contributed by atoms with Crippen molar-refractivity contribution in [3.8, 4) is 6.07 Å². The van der Waals surface area contributed by atoms with Crippen LogP contribution in [0.2, 0.25) is 0 Å². The lowest BCUT2D eigenvalue weighted by atomic mass is 9.93. The van der Waals surface area contributed by atoms with Gasteiger partial charge in [-0.25, -0.2) is 4.98 Å². The van der Waals surface area contributed by atoms with E-state index >= 15 is 0 Å². The smallest absolute Gasteiger partial charge is 0.147 e. The van der Waals surface area contributed by atoms with Crippen molar-refractivity contribution in [2.45, 2.75) is 32.7 Å². The number of benzene rings is 1. The average molecular weight is 265 g/mol. The van der Waals surface area contributed by atoms with Gasteiger partial charge in [-0.05, 0) is 37.8 Å². The lowest BCUT2D eigenvalue weighted by Crippen LogP contribution is -2.41. The van der Waals surface area contributed by atoms with E-state index in [2.05, 4.69) is 24.8 Å². The molecule has 3 nitrogen and oxygen atoms in total. The highest BCUT2D eigenvalue weighted by Crippen LogP contribution is 2.30. The maximum atomic E-state index is 9.43. The van der Waals surface area contributed by atoms with Crippen LogP contribution in [-0.2, 0) is 0 Å². The zero-order valence-corrected chi connectivity index (χ0v) is 12.0. The van der Waals surface area contributed by atoms with Gasteiger partial charge in [0.15, 0.2) is 0 Å². The Labute approximate surface area is 119 Å². The van der Waals surface area contributed by atoms with Gasteiger partial charge in [0.25, 0.3) is 0 Å². The minimum atomic E-state index is 0.444. The second kappa shape index (κ2) is 5.13. The highest BCUT2D eigenvalue weighted by Gasteiger charge is 2.26. The van der Waals surface area contributed by atoms with Crippen LogP contribution < -0.4 is 4.90 Å². The molecule has 1 saturated heterocycles. The first kappa shape index (κ1) is 12.9. The number of rotatable bonds is 1. The van der Waals surface area contributed by atoms with Gasteiger partial charge in [0.1, 0.15) is 11.9 Å². The molecule has 3 rings (SSSR count). The molecule has 0 amide bonds. The SMILES string of the molecule is CC1CCN(c2nc3ccccc3cc2C#N)C(C)C1. The zero-order valence-electron chi connectivity index (χ0n) is 12.0. The summed E-state index contributed by atoms with van der Waals surface area (Å²) in [4.78, 5) is 7.05. The Kier molecular flexibility index (Phi) is 3.31. The van der Waals surface area contributed by atoms with Crippen molar-refractivity contribution < 1.29 is 0 Å². The fourth-order valence-electron chi connectivity index (χ4n) is 3.13. The first-order valence-corrected chi connectivity index (χ1v) is 7.25. The summed E-state index contributed by atoms with van der Waals surface area (Å²) in [5.74, 6) is 1.61. The minimum Gasteiger partial charge on any atom is -0.353 e. The van der Waals surface area contributed by atoms with Crippen LogP contribution >= 0.6 is 0 Å². The molecule has 2 unspecified atom stereocenters. The van der Waals surface area contributed by atoms with E-state index in [4.69, 9.17) is 4.98 Å². The molecule has 0 N–H and O–H groups in total. The number of hydrogen-bond donors (Lipinski definition) is 0. The average Bonchev–Trinajstić information content (AvgIpc) is 2.46. The molecule has 1 aliphatic heterocycles. The van der Waals surface area contributed by atoms with E-state index in [1.807, 2.05) is 30.3 Å².